The molecule has 1 N–H and O–H groups in total. The van der Waals surface area contributed by atoms with E-state index in [1.807, 2.05) is 13.1 Å². The summed E-state index contributed by atoms with van der Waals surface area (Å²) in [6.45, 7) is 10.4. The highest BCUT2D eigenvalue weighted by Crippen LogP contribution is 2.40. The van der Waals surface area contributed by atoms with E-state index >= 15 is 0 Å². The van der Waals surface area contributed by atoms with Crippen LogP contribution >= 0.6 is 23.2 Å². The lowest BCUT2D eigenvalue weighted by molar-refractivity contribution is -0.128. The van der Waals surface area contributed by atoms with Crippen molar-refractivity contribution in [2.75, 3.05) is 5.32 Å². The third-order valence-corrected chi connectivity index (χ3v) is 4.58. The molecular formula is C16H22Cl2NO3Si. The van der Waals surface area contributed by atoms with Crippen molar-refractivity contribution in [3.05, 3.63) is 22.2 Å². The van der Waals surface area contributed by atoms with Crippen molar-refractivity contribution in [3.8, 4) is 5.75 Å². The second-order valence-electron chi connectivity index (χ2n) is 7.12. The van der Waals surface area contributed by atoms with Crippen molar-refractivity contribution >= 4 is 43.8 Å². The molecule has 0 saturated carbocycles. The van der Waals surface area contributed by atoms with Crippen molar-refractivity contribution in [1.82, 2.24) is 0 Å². The molecule has 0 aromatic heterocycles. The molecule has 1 heterocycles. The summed E-state index contributed by atoms with van der Waals surface area (Å²) in [5.74, 6) is 0.220. The highest BCUT2D eigenvalue weighted by atomic mass is 35.5. The first-order valence-corrected chi connectivity index (χ1v) is 10.7. The molecule has 1 aliphatic rings. The lowest BCUT2D eigenvalue weighted by Gasteiger charge is -2.35. The lowest BCUT2D eigenvalue weighted by Crippen LogP contribution is -2.49. The van der Waals surface area contributed by atoms with Gasteiger partial charge in [-0.3, -0.25) is 4.79 Å². The van der Waals surface area contributed by atoms with Gasteiger partial charge in [-0.25, -0.2) is 0 Å². The topological polar surface area (TPSA) is 47.6 Å². The van der Waals surface area contributed by atoms with E-state index in [2.05, 4.69) is 26.1 Å². The molecule has 2 atom stereocenters. The Labute approximate surface area is 149 Å². The lowest BCUT2D eigenvalue weighted by atomic mass is 9.87. The van der Waals surface area contributed by atoms with Crippen LogP contribution in [0.25, 0.3) is 0 Å². The number of carbonyl (C=O) groups excluding carboxylic acids is 1. The number of ether oxygens (including phenoxy) is 1. The molecule has 4 nitrogen and oxygen atoms in total. The van der Waals surface area contributed by atoms with Crippen molar-refractivity contribution < 1.29 is 14.0 Å². The summed E-state index contributed by atoms with van der Waals surface area (Å²) in [6, 6.07) is 3.23. The maximum absolute atomic E-state index is 12.5. The largest absolute Gasteiger partial charge is 0.474 e. The Hall–Kier alpha value is -0.753. The number of amides is 1. The number of halogens is 2. The van der Waals surface area contributed by atoms with E-state index in [9.17, 15) is 4.79 Å². The number of anilines is 1. The fourth-order valence-corrected chi connectivity index (χ4v) is 3.87. The Morgan fingerprint density at radius 1 is 1.35 bits per heavy atom. The number of nitrogens with one attached hydrogen (secondary N) is 1. The molecule has 1 aromatic rings. The van der Waals surface area contributed by atoms with Gasteiger partial charge in [0.05, 0.1) is 16.8 Å². The van der Waals surface area contributed by atoms with E-state index in [1.165, 1.54) is 0 Å². The van der Waals surface area contributed by atoms with Gasteiger partial charge in [0.1, 0.15) is 0 Å². The smallest absolute Gasteiger partial charge is 0.268 e. The average molecular weight is 375 g/mol. The number of fused-ring (bicyclic) bond motifs is 1. The van der Waals surface area contributed by atoms with Crippen LogP contribution in [0.3, 0.4) is 0 Å². The Kier molecular flexibility index (Phi) is 5.66. The predicted octanol–water partition coefficient (Wildman–Crippen LogP) is 4.77. The molecule has 0 fully saturated rings. The van der Waals surface area contributed by atoms with Crippen LogP contribution in [0.1, 0.15) is 27.2 Å². The molecule has 1 aromatic carbocycles. The van der Waals surface area contributed by atoms with Gasteiger partial charge in [-0.1, -0.05) is 44.0 Å². The summed E-state index contributed by atoms with van der Waals surface area (Å²) in [5.41, 5.74) is 0.507. The molecule has 1 radical (unpaired) electrons. The van der Waals surface area contributed by atoms with Gasteiger partial charge < -0.3 is 14.5 Å². The van der Waals surface area contributed by atoms with Crippen molar-refractivity contribution in [1.29, 1.82) is 0 Å². The van der Waals surface area contributed by atoms with E-state index < -0.39 is 15.1 Å². The quantitative estimate of drug-likeness (QED) is 0.772. The van der Waals surface area contributed by atoms with Gasteiger partial charge in [-0.2, -0.15) is 0 Å². The highest BCUT2D eigenvalue weighted by molar-refractivity contribution is 6.48. The minimum Gasteiger partial charge on any atom is -0.474 e. The van der Waals surface area contributed by atoms with Gasteiger partial charge in [-0.15, -0.1) is 0 Å². The summed E-state index contributed by atoms with van der Waals surface area (Å²) < 4.78 is 12.0. The highest BCUT2D eigenvalue weighted by Gasteiger charge is 2.38. The van der Waals surface area contributed by atoms with Gasteiger partial charge in [0.15, 0.2) is 5.75 Å². The number of rotatable bonds is 4. The first kappa shape index (κ1) is 18.6. The number of hydrogen-bond donors (Lipinski definition) is 1. The average Bonchev–Trinajstić information content (AvgIpc) is 2.34. The molecule has 7 heteroatoms. The molecule has 0 aliphatic carbocycles. The second-order valence-corrected chi connectivity index (χ2v) is 10.0. The zero-order valence-corrected chi connectivity index (χ0v) is 16.5. The van der Waals surface area contributed by atoms with E-state index in [0.717, 1.165) is 0 Å². The van der Waals surface area contributed by atoms with E-state index in [-0.39, 0.29) is 17.4 Å². The Morgan fingerprint density at radius 2 is 2.00 bits per heavy atom. The van der Waals surface area contributed by atoms with Crippen LogP contribution in [0.15, 0.2) is 12.1 Å². The van der Waals surface area contributed by atoms with Gasteiger partial charge >= 0.3 is 0 Å². The number of benzene rings is 1. The van der Waals surface area contributed by atoms with Crippen molar-refractivity contribution in [2.45, 2.75) is 52.5 Å². The molecule has 0 bridgehead atoms. The van der Waals surface area contributed by atoms with Crippen LogP contribution < -0.4 is 10.1 Å². The third kappa shape index (κ3) is 4.86. The van der Waals surface area contributed by atoms with Crippen molar-refractivity contribution in [2.24, 2.45) is 5.41 Å². The molecular weight excluding hydrogens is 353 g/mol. The second kappa shape index (κ2) is 7.01. The molecule has 2 unspecified atom stereocenters. The number of carbonyl (C=O) groups is 1. The van der Waals surface area contributed by atoms with Crippen LogP contribution in [0.2, 0.25) is 23.1 Å². The van der Waals surface area contributed by atoms with Crippen LogP contribution in [0, 0.1) is 5.41 Å². The van der Waals surface area contributed by atoms with Gasteiger partial charge in [0.25, 0.3) is 5.91 Å². The fourth-order valence-electron chi connectivity index (χ4n) is 2.52. The molecule has 2 rings (SSSR count). The minimum absolute atomic E-state index is 0.00961. The molecule has 1 amide bonds. The van der Waals surface area contributed by atoms with Gasteiger partial charge in [-0.05, 0) is 37.1 Å². The Morgan fingerprint density at radius 3 is 2.57 bits per heavy atom. The Bertz CT molecular complexity index is 602. The third-order valence-electron chi connectivity index (χ3n) is 3.31. The normalized spacial score (nSPS) is 19.1. The molecule has 0 spiro atoms. The summed E-state index contributed by atoms with van der Waals surface area (Å²) >= 11 is 12.2. The Balaban J connectivity index is 2.31. The zero-order chi connectivity index (χ0) is 17.4. The van der Waals surface area contributed by atoms with Crippen LogP contribution in [-0.2, 0) is 9.22 Å². The molecule has 1 aliphatic heterocycles. The minimum atomic E-state index is -0.984. The first-order chi connectivity index (χ1) is 10.6. The van der Waals surface area contributed by atoms with Crippen LogP contribution in [0.4, 0.5) is 5.69 Å². The maximum atomic E-state index is 12.5. The van der Waals surface area contributed by atoms with Crippen molar-refractivity contribution in [3.63, 3.8) is 0 Å². The standard InChI is InChI=1S/C16H22Cl2NO3Si/c1-16(2,3)8-12(22-23(4)5)14-15(20)19-11-7-9(17)6-10(18)13(11)21-14/h6-7,12,14H,8H2,1-5H3,(H,19,20). The maximum Gasteiger partial charge on any atom is 0.268 e. The molecule has 23 heavy (non-hydrogen) atoms. The van der Waals surface area contributed by atoms with Gasteiger partial charge in [0.2, 0.25) is 15.1 Å². The van der Waals surface area contributed by atoms with Crippen LogP contribution in [0.5, 0.6) is 5.75 Å². The number of hydrogen-bond acceptors (Lipinski definition) is 3. The molecule has 127 valence electrons. The van der Waals surface area contributed by atoms with E-state index in [1.54, 1.807) is 12.1 Å². The fraction of sp³-hybridized carbons (Fsp3) is 0.562. The van der Waals surface area contributed by atoms with E-state index in [4.69, 9.17) is 32.4 Å². The molecule has 0 saturated heterocycles. The van der Waals surface area contributed by atoms with Gasteiger partial charge in [0, 0.05) is 5.02 Å². The summed E-state index contributed by atoms with van der Waals surface area (Å²) in [7, 11) is -0.984. The summed E-state index contributed by atoms with van der Waals surface area (Å²) in [5, 5.41) is 3.66. The van der Waals surface area contributed by atoms with E-state index in [0.29, 0.717) is 27.9 Å². The SMILES string of the molecule is C[Si](C)OC(CC(C)(C)C)C1Oc2c(Cl)cc(Cl)cc2NC1=O. The summed E-state index contributed by atoms with van der Waals surface area (Å²) in [4.78, 5) is 12.5. The van der Waals surface area contributed by atoms with Crippen LogP contribution in [-0.4, -0.2) is 27.2 Å². The summed E-state index contributed by atoms with van der Waals surface area (Å²) in [6.07, 6.45) is -0.333. The first-order valence-electron chi connectivity index (χ1n) is 7.50. The predicted molar refractivity (Wildman–Crippen MR) is 95.9 cm³/mol. The monoisotopic (exact) mass is 374 g/mol. The zero-order valence-electron chi connectivity index (χ0n) is 14.0.